The van der Waals surface area contributed by atoms with E-state index in [1.807, 2.05) is 0 Å². The molecule has 0 aromatic heterocycles. The summed E-state index contributed by atoms with van der Waals surface area (Å²) < 4.78 is 0. The third kappa shape index (κ3) is 4.21. The monoisotopic (exact) mass is 264 g/mol. The number of thioether (sulfide) groups is 1. The van der Waals surface area contributed by atoms with Gasteiger partial charge in [-0.15, -0.1) is 0 Å². The fourth-order valence-electron chi connectivity index (χ4n) is 2.40. The fourth-order valence-corrected chi connectivity index (χ4v) is 3.63. The van der Waals surface area contributed by atoms with Crippen molar-refractivity contribution in [2.24, 2.45) is 0 Å². The van der Waals surface area contributed by atoms with E-state index in [0.29, 0.717) is 0 Å². The van der Waals surface area contributed by atoms with E-state index in [4.69, 9.17) is 0 Å². The highest BCUT2D eigenvalue weighted by Gasteiger charge is 2.13. The Balaban J connectivity index is 1.73. The molecule has 1 aliphatic heterocycles. The van der Waals surface area contributed by atoms with Crippen molar-refractivity contribution in [1.82, 2.24) is 5.32 Å². The summed E-state index contributed by atoms with van der Waals surface area (Å²) in [4.78, 5) is 2.47. The standard InChI is InChI=1S/C15H24N2S/c1-2-17(14-6-4-3-5-7-14)12-13-18-15-8-10-16-11-9-15/h3-7,15-16H,2,8-13H2,1H3. The molecule has 1 fully saturated rings. The summed E-state index contributed by atoms with van der Waals surface area (Å²) in [6, 6.07) is 10.7. The van der Waals surface area contributed by atoms with Crippen LogP contribution in [0.5, 0.6) is 0 Å². The van der Waals surface area contributed by atoms with E-state index in [1.54, 1.807) is 0 Å². The molecule has 1 aliphatic rings. The van der Waals surface area contributed by atoms with Crippen molar-refractivity contribution in [2.75, 3.05) is 36.8 Å². The third-order valence-corrected chi connectivity index (χ3v) is 4.87. The lowest BCUT2D eigenvalue weighted by atomic mass is 10.2. The number of nitrogens with zero attached hydrogens (tertiary/aromatic N) is 1. The Bertz CT molecular complexity index is 323. The van der Waals surface area contributed by atoms with E-state index in [2.05, 4.69) is 59.2 Å². The van der Waals surface area contributed by atoms with Crippen LogP contribution in [-0.4, -0.2) is 37.2 Å². The van der Waals surface area contributed by atoms with Gasteiger partial charge in [-0.1, -0.05) is 18.2 Å². The second-order valence-corrected chi connectivity index (χ2v) is 6.14. The van der Waals surface area contributed by atoms with Gasteiger partial charge in [0.25, 0.3) is 0 Å². The molecule has 0 saturated carbocycles. The summed E-state index contributed by atoms with van der Waals surface area (Å²) in [6.45, 7) is 6.90. The lowest BCUT2D eigenvalue weighted by molar-refractivity contribution is 0.531. The van der Waals surface area contributed by atoms with Gasteiger partial charge in [-0.25, -0.2) is 0 Å². The summed E-state index contributed by atoms with van der Waals surface area (Å²) in [6.07, 6.45) is 2.67. The van der Waals surface area contributed by atoms with E-state index < -0.39 is 0 Å². The SMILES string of the molecule is CCN(CCSC1CCNCC1)c1ccccc1. The van der Waals surface area contributed by atoms with Crippen LogP contribution in [0.4, 0.5) is 5.69 Å². The first-order valence-electron chi connectivity index (χ1n) is 7.02. The molecule has 0 unspecified atom stereocenters. The number of benzene rings is 1. The van der Waals surface area contributed by atoms with Gasteiger partial charge in [-0.3, -0.25) is 0 Å². The van der Waals surface area contributed by atoms with Gasteiger partial charge in [0.2, 0.25) is 0 Å². The number of anilines is 1. The molecule has 3 heteroatoms. The molecule has 0 amide bonds. The number of piperidine rings is 1. The molecular formula is C15H24N2S. The lowest BCUT2D eigenvalue weighted by Crippen LogP contribution is -2.30. The van der Waals surface area contributed by atoms with E-state index in [-0.39, 0.29) is 0 Å². The van der Waals surface area contributed by atoms with Crippen molar-refractivity contribution in [1.29, 1.82) is 0 Å². The Kier molecular flexibility index (Phi) is 5.88. The molecule has 1 N–H and O–H groups in total. The topological polar surface area (TPSA) is 15.3 Å². The number of hydrogen-bond donors (Lipinski definition) is 1. The normalized spacial score (nSPS) is 16.7. The molecule has 1 aromatic carbocycles. The molecule has 0 radical (unpaired) electrons. The van der Waals surface area contributed by atoms with Crippen LogP contribution in [0.3, 0.4) is 0 Å². The van der Waals surface area contributed by atoms with E-state index in [1.165, 1.54) is 37.4 Å². The van der Waals surface area contributed by atoms with Gasteiger partial charge in [0.1, 0.15) is 0 Å². The first kappa shape index (κ1) is 13.8. The minimum absolute atomic E-state index is 0.876. The third-order valence-electron chi connectivity index (χ3n) is 3.50. The van der Waals surface area contributed by atoms with Crippen LogP contribution in [0.15, 0.2) is 30.3 Å². The van der Waals surface area contributed by atoms with E-state index in [9.17, 15) is 0 Å². The molecule has 18 heavy (non-hydrogen) atoms. The second-order valence-electron chi connectivity index (χ2n) is 4.74. The van der Waals surface area contributed by atoms with Gasteiger partial charge in [-0.2, -0.15) is 11.8 Å². The van der Waals surface area contributed by atoms with Crippen LogP contribution >= 0.6 is 11.8 Å². The lowest BCUT2D eigenvalue weighted by Gasteiger charge is -2.26. The largest absolute Gasteiger partial charge is 0.371 e. The van der Waals surface area contributed by atoms with Gasteiger partial charge in [-0.05, 0) is 45.0 Å². The van der Waals surface area contributed by atoms with Crippen molar-refractivity contribution in [3.05, 3.63) is 30.3 Å². The minimum atomic E-state index is 0.876. The number of rotatable bonds is 6. The van der Waals surface area contributed by atoms with E-state index >= 15 is 0 Å². The van der Waals surface area contributed by atoms with Crippen LogP contribution < -0.4 is 10.2 Å². The van der Waals surface area contributed by atoms with Crippen molar-refractivity contribution >= 4 is 17.4 Å². The Morgan fingerprint density at radius 3 is 2.61 bits per heavy atom. The molecule has 0 aliphatic carbocycles. The predicted molar refractivity (Wildman–Crippen MR) is 82.7 cm³/mol. The molecule has 2 nitrogen and oxygen atoms in total. The summed E-state index contributed by atoms with van der Waals surface area (Å²) in [7, 11) is 0. The zero-order valence-electron chi connectivity index (χ0n) is 11.3. The maximum Gasteiger partial charge on any atom is 0.0366 e. The number of nitrogens with one attached hydrogen (secondary N) is 1. The summed E-state index contributed by atoms with van der Waals surface area (Å²) in [5.41, 5.74) is 1.35. The molecule has 1 saturated heterocycles. The quantitative estimate of drug-likeness (QED) is 0.850. The molecular weight excluding hydrogens is 240 g/mol. The second kappa shape index (κ2) is 7.70. The zero-order chi connectivity index (χ0) is 12.6. The number of para-hydroxylation sites is 1. The fraction of sp³-hybridized carbons (Fsp3) is 0.600. The Labute approximate surface area is 115 Å². The summed E-state index contributed by atoms with van der Waals surface area (Å²) in [5, 5.41) is 4.30. The molecule has 100 valence electrons. The molecule has 1 heterocycles. The first-order chi connectivity index (χ1) is 8.90. The average Bonchev–Trinajstić information content (AvgIpc) is 2.46. The van der Waals surface area contributed by atoms with Gasteiger partial charge in [0.15, 0.2) is 0 Å². The minimum Gasteiger partial charge on any atom is -0.371 e. The predicted octanol–water partition coefficient (Wildman–Crippen LogP) is 3.00. The van der Waals surface area contributed by atoms with Crippen LogP contribution in [0.2, 0.25) is 0 Å². The van der Waals surface area contributed by atoms with Crippen LogP contribution in [0.25, 0.3) is 0 Å². The van der Waals surface area contributed by atoms with Crippen LogP contribution in [-0.2, 0) is 0 Å². The van der Waals surface area contributed by atoms with Crippen molar-refractivity contribution in [3.63, 3.8) is 0 Å². The van der Waals surface area contributed by atoms with Crippen molar-refractivity contribution < 1.29 is 0 Å². The summed E-state index contributed by atoms with van der Waals surface area (Å²) in [5.74, 6) is 1.24. The van der Waals surface area contributed by atoms with Crippen LogP contribution in [0, 0.1) is 0 Å². The van der Waals surface area contributed by atoms with Crippen molar-refractivity contribution in [3.8, 4) is 0 Å². The van der Waals surface area contributed by atoms with Crippen molar-refractivity contribution in [2.45, 2.75) is 25.0 Å². The van der Waals surface area contributed by atoms with Gasteiger partial charge < -0.3 is 10.2 Å². The molecule has 1 aromatic rings. The molecule has 0 spiro atoms. The van der Waals surface area contributed by atoms with Gasteiger partial charge in [0.05, 0.1) is 0 Å². The highest BCUT2D eigenvalue weighted by atomic mass is 32.2. The average molecular weight is 264 g/mol. The highest BCUT2D eigenvalue weighted by molar-refractivity contribution is 7.99. The number of hydrogen-bond acceptors (Lipinski definition) is 3. The Morgan fingerprint density at radius 1 is 1.22 bits per heavy atom. The van der Waals surface area contributed by atoms with Crippen LogP contribution in [0.1, 0.15) is 19.8 Å². The first-order valence-corrected chi connectivity index (χ1v) is 8.07. The molecule has 2 rings (SSSR count). The maximum atomic E-state index is 3.43. The molecule has 0 atom stereocenters. The Hall–Kier alpha value is -0.670. The Morgan fingerprint density at radius 2 is 1.94 bits per heavy atom. The summed E-state index contributed by atoms with van der Waals surface area (Å²) >= 11 is 2.15. The van der Waals surface area contributed by atoms with Gasteiger partial charge >= 0.3 is 0 Å². The highest BCUT2D eigenvalue weighted by Crippen LogP contribution is 2.21. The maximum absolute atomic E-state index is 3.43. The smallest absolute Gasteiger partial charge is 0.0366 e. The molecule has 0 bridgehead atoms. The van der Waals surface area contributed by atoms with E-state index in [0.717, 1.165) is 18.3 Å². The van der Waals surface area contributed by atoms with Gasteiger partial charge in [0, 0.05) is 29.8 Å². The zero-order valence-corrected chi connectivity index (χ0v) is 12.1.